The van der Waals surface area contributed by atoms with Crippen LogP contribution >= 0.6 is 11.8 Å². The summed E-state index contributed by atoms with van der Waals surface area (Å²) in [6.07, 6.45) is 1.84. The Morgan fingerprint density at radius 2 is 1.18 bits per heavy atom. The fraction of sp³-hybridized carbons (Fsp3) is 0.0714. The smallest absolute Gasteiger partial charge is 0.105 e. The number of nitrogens with zero attached hydrogens (tertiary/aromatic N) is 2. The number of aromatic nitrogens is 1. The van der Waals surface area contributed by atoms with Crippen molar-refractivity contribution >= 4 is 28.2 Å². The van der Waals surface area contributed by atoms with Crippen molar-refractivity contribution in [2.45, 2.75) is 17.2 Å². The van der Waals surface area contributed by atoms with Crippen LogP contribution in [0.4, 0.5) is 5.69 Å². The standard InChI is InChI=1S/C42H32N2S/c1-28-25-33(29-14-18-31(19-15-29)39-11-7-8-24-43-39)27-34(26-28)36-23-22-35(37-9-3-4-10-38(36)37)30-16-20-32(21-17-30)42-44(2)40-12-5-6-13-41(40)45-42/h3-27,42H,1-2H3. The molecule has 0 radical (unpaired) electrons. The molecule has 2 heterocycles. The summed E-state index contributed by atoms with van der Waals surface area (Å²) in [5.41, 5.74) is 13.4. The summed E-state index contributed by atoms with van der Waals surface area (Å²) in [6, 6.07) is 52.9. The normalized spacial score (nSPS) is 14.1. The van der Waals surface area contributed by atoms with Gasteiger partial charge in [-0.15, -0.1) is 0 Å². The van der Waals surface area contributed by atoms with Gasteiger partial charge in [-0.2, -0.15) is 0 Å². The lowest BCUT2D eigenvalue weighted by Gasteiger charge is -2.22. The molecular formula is C42H32N2S. The van der Waals surface area contributed by atoms with Crippen molar-refractivity contribution in [1.82, 2.24) is 4.98 Å². The van der Waals surface area contributed by atoms with Crippen LogP contribution in [-0.4, -0.2) is 12.0 Å². The molecule has 0 N–H and O–H groups in total. The number of rotatable bonds is 5. The summed E-state index contributed by atoms with van der Waals surface area (Å²) in [6.45, 7) is 2.19. The van der Waals surface area contributed by atoms with Gasteiger partial charge in [-0.1, -0.05) is 127 Å². The average Bonchev–Trinajstić information content (AvgIpc) is 3.44. The zero-order valence-corrected chi connectivity index (χ0v) is 26.1. The van der Waals surface area contributed by atoms with E-state index >= 15 is 0 Å². The van der Waals surface area contributed by atoms with Crippen LogP contribution in [0.25, 0.3) is 55.4 Å². The largest absolute Gasteiger partial charge is 0.357 e. The molecule has 3 heteroatoms. The molecule has 1 aliphatic rings. The van der Waals surface area contributed by atoms with Gasteiger partial charge in [0, 0.05) is 23.7 Å². The molecule has 1 aliphatic heterocycles. The second-order valence-electron chi connectivity index (χ2n) is 11.8. The maximum Gasteiger partial charge on any atom is 0.105 e. The van der Waals surface area contributed by atoms with Crippen molar-refractivity contribution < 1.29 is 0 Å². The van der Waals surface area contributed by atoms with Crippen LogP contribution in [0.5, 0.6) is 0 Å². The lowest BCUT2D eigenvalue weighted by Crippen LogP contribution is -2.16. The molecular weight excluding hydrogens is 565 g/mol. The van der Waals surface area contributed by atoms with E-state index in [0.717, 1.165) is 11.3 Å². The first-order valence-electron chi connectivity index (χ1n) is 15.4. The van der Waals surface area contributed by atoms with Gasteiger partial charge in [-0.05, 0) is 92.5 Å². The van der Waals surface area contributed by atoms with Gasteiger partial charge in [0.05, 0.1) is 11.4 Å². The fourth-order valence-corrected chi connectivity index (χ4v) is 7.86. The van der Waals surface area contributed by atoms with Crippen molar-refractivity contribution in [1.29, 1.82) is 0 Å². The Labute approximate surface area is 269 Å². The van der Waals surface area contributed by atoms with E-state index in [9.17, 15) is 0 Å². The van der Waals surface area contributed by atoms with Crippen LogP contribution in [0.3, 0.4) is 0 Å². The predicted octanol–water partition coefficient (Wildman–Crippen LogP) is 11.5. The molecule has 0 bridgehead atoms. The molecule has 0 spiro atoms. The zero-order valence-electron chi connectivity index (χ0n) is 25.3. The third-order valence-corrected chi connectivity index (χ3v) is 10.2. The minimum Gasteiger partial charge on any atom is -0.357 e. The van der Waals surface area contributed by atoms with Gasteiger partial charge in [0.15, 0.2) is 0 Å². The van der Waals surface area contributed by atoms with Crippen LogP contribution < -0.4 is 4.90 Å². The quantitative estimate of drug-likeness (QED) is 0.197. The third-order valence-electron chi connectivity index (χ3n) is 8.83. The number of hydrogen-bond donors (Lipinski definition) is 0. The number of fused-ring (bicyclic) bond motifs is 2. The highest BCUT2D eigenvalue weighted by Gasteiger charge is 2.28. The van der Waals surface area contributed by atoms with E-state index in [-0.39, 0.29) is 5.37 Å². The molecule has 45 heavy (non-hydrogen) atoms. The molecule has 1 unspecified atom stereocenters. The minimum atomic E-state index is 0.289. The number of thioether (sulfide) groups is 1. The van der Waals surface area contributed by atoms with Crippen molar-refractivity contribution in [3.05, 3.63) is 163 Å². The van der Waals surface area contributed by atoms with E-state index in [4.69, 9.17) is 0 Å². The van der Waals surface area contributed by atoms with Gasteiger partial charge in [0.1, 0.15) is 5.37 Å². The van der Waals surface area contributed by atoms with E-state index in [1.165, 1.54) is 65.9 Å². The fourth-order valence-electron chi connectivity index (χ4n) is 6.57. The van der Waals surface area contributed by atoms with Crippen LogP contribution in [0, 0.1) is 6.92 Å². The summed E-state index contributed by atoms with van der Waals surface area (Å²) >= 11 is 1.92. The lowest BCUT2D eigenvalue weighted by atomic mass is 9.90. The first-order valence-corrected chi connectivity index (χ1v) is 16.2. The van der Waals surface area contributed by atoms with Gasteiger partial charge in [0.2, 0.25) is 0 Å². The Morgan fingerprint density at radius 1 is 0.556 bits per heavy atom. The van der Waals surface area contributed by atoms with E-state index < -0.39 is 0 Å². The van der Waals surface area contributed by atoms with Crippen LogP contribution in [0.2, 0.25) is 0 Å². The van der Waals surface area contributed by atoms with Crippen LogP contribution in [0.15, 0.2) is 157 Å². The maximum absolute atomic E-state index is 4.51. The van der Waals surface area contributed by atoms with Crippen molar-refractivity contribution in [2.75, 3.05) is 11.9 Å². The highest BCUT2D eigenvalue weighted by molar-refractivity contribution is 8.00. The second kappa shape index (κ2) is 11.4. The molecule has 6 aromatic carbocycles. The van der Waals surface area contributed by atoms with Gasteiger partial charge < -0.3 is 4.90 Å². The molecule has 1 aromatic heterocycles. The first-order chi connectivity index (χ1) is 22.1. The monoisotopic (exact) mass is 596 g/mol. The SMILES string of the molecule is Cc1cc(-c2ccc(-c3ccccn3)cc2)cc(-c2ccc(-c3ccc(C4Sc5ccccc5N4C)cc3)c3ccccc23)c1. The number of aryl methyl sites for hydroxylation is 1. The van der Waals surface area contributed by atoms with Crippen molar-refractivity contribution in [3.63, 3.8) is 0 Å². The number of benzene rings is 6. The summed E-state index contributed by atoms with van der Waals surface area (Å²) in [5, 5.41) is 2.82. The Balaban J connectivity index is 1.13. The van der Waals surface area contributed by atoms with Crippen LogP contribution in [0.1, 0.15) is 16.5 Å². The van der Waals surface area contributed by atoms with Gasteiger partial charge in [0.25, 0.3) is 0 Å². The Hall–Kier alpha value is -5.12. The molecule has 0 saturated carbocycles. The lowest BCUT2D eigenvalue weighted by molar-refractivity contribution is 0.914. The predicted molar refractivity (Wildman–Crippen MR) is 192 cm³/mol. The van der Waals surface area contributed by atoms with E-state index in [2.05, 4.69) is 157 Å². The molecule has 1 atom stereocenters. The molecule has 0 saturated heterocycles. The molecule has 8 rings (SSSR count). The second-order valence-corrected chi connectivity index (χ2v) is 12.9. The number of para-hydroxylation sites is 1. The van der Waals surface area contributed by atoms with Gasteiger partial charge in [-0.3, -0.25) is 4.98 Å². The van der Waals surface area contributed by atoms with Gasteiger partial charge >= 0.3 is 0 Å². The third kappa shape index (κ3) is 5.09. The van der Waals surface area contributed by atoms with E-state index in [1.807, 2.05) is 30.1 Å². The van der Waals surface area contributed by atoms with Crippen molar-refractivity contribution in [2.24, 2.45) is 0 Å². The molecule has 0 fully saturated rings. The molecule has 0 aliphatic carbocycles. The van der Waals surface area contributed by atoms with E-state index in [1.54, 1.807) is 0 Å². The molecule has 216 valence electrons. The molecule has 2 nitrogen and oxygen atoms in total. The average molecular weight is 597 g/mol. The Kier molecular flexibility index (Phi) is 6.96. The summed E-state index contributed by atoms with van der Waals surface area (Å²) in [4.78, 5) is 8.23. The number of anilines is 1. The zero-order chi connectivity index (χ0) is 30.3. The van der Waals surface area contributed by atoms with Crippen molar-refractivity contribution in [3.8, 4) is 44.6 Å². The molecule has 0 amide bonds. The van der Waals surface area contributed by atoms with Crippen LogP contribution in [-0.2, 0) is 0 Å². The van der Waals surface area contributed by atoms with Gasteiger partial charge in [-0.25, -0.2) is 0 Å². The topological polar surface area (TPSA) is 16.1 Å². The highest BCUT2D eigenvalue weighted by Crippen LogP contribution is 2.50. The number of pyridine rings is 1. The Bertz CT molecular complexity index is 2150. The maximum atomic E-state index is 4.51. The highest BCUT2D eigenvalue weighted by atomic mass is 32.2. The first kappa shape index (κ1) is 27.4. The summed E-state index contributed by atoms with van der Waals surface area (Å²) in [5.74, 6) is 0. The minimum absolute atomic E-state index is 0.289. The molecule has 7 aromatic rings. The number of hydrogen-bond acceptors (Lipinski definition) is 3. The van der Waals surface area contributed by atoms with E-state index in [0.29, 0.717) is 0 Å². The summed E-state index contributed by atoms with van der Waals surface area (Å²) in [7, 11) is 2.19. The summed E-state index contributed by atoms with van der Waals surface area (Å²) < 4.78 is 0. The Morgan fingerprint density at radius 3 is 1.89 bits per heavy atom.